The fourth-order valence-electron chi connectivity index (χ4n) is 1.67. The van der Waals surface area contributed by atoms with Crippen molar-refractivity contribution in [2.24, 2.45) is 0 Å². The minimum absolute atomic E-state index is 0.217. The van der Waals surface area contributed by atoms with Gasteiger partial charge in [-0.25, -0.2) is 8.78 Å². The number of carbonyl (C=O) groups is 1. The minimum atomic E-state index is -1.10. The van der Waals surface area contributed by atoms with Crippen molar-refractivity contribution >= 4 is 17.3 Å². The Bertz CT molecular complexity index is 641. The average molecular weight is 262 g/mol. The minimum Gasteiger partial charge on any atom is -0.398 e. The molecule has 98 valence electrons. The molecule has 0 aliphatic heterocycles. The Kier molecular flexibility index (Phi) is 3.46. The van der Waals surface area contributed by atoms with Crippen LogP contribution in [-0.2, 0) is 0 Å². The number of para-hydroxylation sites is 1. The van der Waals surface area contributed by atoms with Crippen LogP contribution in [0.4, 0.5) is 20.2 Å². The van der Waals surface area contributed by atoms with Crippen LogP contribution in [-0.4, -0.2) is 5.91 Å². The van der Waals surface area contributed by atoms with Crippen molar-refractivity contribution in [1.29, 1.82) is 0 Å². The molecule has 19 heavy (non-hydrogen) atoms. The number of hydrogen-bond acceptors (Lipinski definition) is 2. The van der Waals surface area contributed by atoms with E-state index in [0.717, 1.165) is 11.6 Å². The predicted molar refractivity (Wildman–Crippen MR) is 69.9 cm³/mol. The first kappa shape index (κ1) is 13.0. The van der Waals surface area contributed by atoms with Crippen LogP contribution in [0.15, 0.2) is 36.4 Å². The zero-order valence-corrected chi connectivity index (χ0v) is 10.2. The van der Waals surface area contributed by atoms with Gasteiger partial charge in [-0.05, 0) is 30.7 Å². The number of carbonyl (C=O) groups excluding carboxylic acids is 1. The van der Waals surface area contributed by atoms with E-state index in [1.165, 1.54) is 18.2 Å². The van der Waals surface area contributed by atoms with Crippen molar-refractivity contribution in [3.63, 3.8) is 0 Å². The third-order valence-corrected chi connectivity index (χ3v) is 2.77. The molecular weight excluding hydrogens is 250 g/mol. The number of nitrogen functional groups attached to an aromatic ring is 1. The maximum atomic E-state index is 13.4. The van der Waals surface area contributed by atoms with E-state index in [4.69, 9.17) is 5.73 Å². The van der Waals surface area contributed by atoms with Crippen LogP contribution in [0.25, 0.3) is 0 Å². The first-order valence-corrected chi connectivity index (χ1v) is 5.61. The van der Waals surface area contributed by atoms with Crippen molar-refractivity contribution in [2.45, 2.75) is 6.92 Å². The second-order valence-electron chi connectivity index (χ2n) is 4.09. The molecule has 0 aromatic heterocycles. The summed E-state index contributed by atoms with van der Waals surface area (Å²) in [5, 5.41) is 2.30. The number of nitrogens with one attached hydrogen (secondary N) is 1. The SMILES string of the molecule is Cc1cccc(C(=O)Nc2cccc(F)c2F)c1N. The predicted octanol–water partition coefficient (Wildman–Crippen LogP) is 3.11. The van der Waals surface area contributed by atoms with Gasteiger partial charge in [-0.2, -0.15) is 0 Å². The van der Waals surface area contributed by atoms with E-state index in [1.807, 2.05) is 0 Å². The largest absolute Gasteiger partial charge is 0.398 e. The summed E-state index contributed by atoms with van der Waals surface area (Å²) in [5.74, 6) is -2.69. The number of benzene rings is 2. The van der Waals surface area contributed by atoms with Crippen molar-refractivity contribution in [3.8, 4) is 0 Å². The lowest BCUT2D eigenvalue weighted by atomic mass is 10.1. The molecule has 0 aliphatic rings. The van der Waals surface area contributed by atoms with Crippen LogP contribution in [0, 0.1) is 18.6 Å². The molecule has 0 heterocycles. The van der Waals surface area contributed by atoms with Gasteiger partial charge in [0.1, 0.15) is 0 Å². The van der Waals surface area contributed by atoms with Crippen molar-refractivity contribution < 1.29 is 13.6 Å². The number of aryl methyl sites for hydroxylation is 1. The fraction of sp³-hybridized carbons (Fsp3) is 0.0714. The molecule has 2 aromatic carbocycles. The third-order valence-electron chi connectivity index (χ3n) is 2.77. The second kappa shape index (κ2) is 5.06. The van der Waals surface area contributed by atoms with Crippen molar-refractivity contribution in [2.75, 3.05) is 11.1 Å². The summed E-state index contributed by atoms with van der Waals surface area (Å²) in [5.41, 5.74) is 6.84. The number of hydrogen-bond donors (Lipinski definition) is 2. The highest BCUT2D eigenvalue weighted by molar-refractivity contribution is 6.08. The molecule has 0 unspecified atom stereocenters. The summed E-state index contributed by atoms with van der Waals surface area (Å²) >= 11 is 0. The molecule has 0 radical (unpaired) electrons. The fourth-order valence-corrected chi connectivity index (χ4v) is 1.67. The smallest absolute Gasteiger partial charge is 0.257 e. The maximum absolute atomic E-state index is 13.4. The van der Waals surface area contributed by atoms with Gasteiger partial charge in [-0.3, -0.25) is 4.79 Å². The maximum Gasteiger partial charge on any atom is 0.257 e. The summed E-state index contributed by atoms with van der Waals surface area (Å²) in [6.07, 6.45) is 0. The normalized spacial score (nSPS) is 10.3. The lowest BCUT2D eigenvalue weighted by Gasteiger charge is -2.10. The molecule has 2 aromatic rings. The third kappa shape index (κ3) is 2.54. The van der Waals surface area contributed by atoms with Gasteiger partial charge in [0.05, 0.1) is 11.3 Å². The van der Waals surface area contributed by atoms with Crippen LogP contribution < -0.4 is 11.1 Å². The first-order chi connectivity index (χ1) is 9.00. The van der Waals surface area contributed by atoms with Gasteiger partial charge in [0.2, 0.25) is 0 Å². The van der Waals surface area contributed by atoms with Gasteiger partial charge in [0, 0.05) is 5.69 Å². The average Bonchev–Trinajstić information content (AvgIpc) is 2.38. The van der Waals surface area contributed by atoms with Crippen LogP contribution in [0.1, 0.15) is 15.9 Å². The summed E-state index contributed by atoms with van der Waals surface area (Å²) in [7, 11) is 0. The molecule has 5 heteroatoms. The highest BCUT2D eigenvalue weighted by Gasteiger charge is 2.14. The monoisotopic (exact) mass is 262 g/mol. The molecule has 0 atom stereocenters. The van der Waals surface area contributed by atoms with E-state index in [-0.39, 0.29) is 11.3 Å². The molecule has 0 bridgehead atoms. The Balaban J connectivity index is 2.31. The van der Waals surface area contributed by atoms with E-state index in [9.17, 15) is 13.6 Å². The van der Waals surface area contributed by atoms with Gasteiger partial charge in [0.25, 0.3) is 5.91 Å². The second-order valence-corrected chi connectivity index (χ2v) is 4.09. The molecule has 3 N–H and O–H groups in total. The van der Waals surface area contributed by atoms with Gasteiger partial charge < -0.3 is 11.1 Å². The van der Waals surface area contributed by atoms with E-state index >= 15 is 0 Å². The Morgan fingerprint density at radius 3 is 2.58 bits per heavy atom. The number of amides is 1. The highest BCUT2D eigenvalue weighted by atomic mass is 19.2. The lowest BCUT2D eigenvalue weighted by molar-refractivity contribution is 0.102. The Hall–Kier alpha value is -2.43. The summed E-state index contributed by atoms with van der Waals surface area (Å²) in [6, 6.07) is 8.52. The summed E-state index contributed by atoms with van der Waals surface area (Å²) in [4.78, 5) is 12.0. The van der Waals surface area contributed by atoms with Crippen molar-refractivity contribution in [1.82, 2.24) is 0 Å². The molecule has 0 saturated heterocycles. The molecule has 0 aliphatic carbocycles. The van der Waals surface area contributed by atoms with E-state index in [2.05, 4.69) is 5.32 Å². The molecule has 0 spiro atoms. The van der Waals surface area contributed by atoms with Crippen LogP contribution in [0.5, 0.6) is 0 Å². The molecule has 2 rings (SSSR count). The quantitative estimate of drug-likeness (QED) is 0.817. The van der Waals surface area contributed by atoms with Gasteiger partial charge in [0.15, 0.2) is 11.6 Å². The highest BCUT2D eigenvalue weighted by Crippen LogP contribution is 2.21. The Morgan fingerprint density at radius 1 is 1.16 bits per heavy atom. The molecule has 3 nitrogen and oxygen atoms in total. The van der Waals surface area contributed by atoms with E-state index in [1.54, 1.807) is 19.1 Å². The molecule has 1 amide bonds. The Morgan fingerprint density at radius 2 is 1.84 bits per heavy atom. The van der Waals surface area contributed by atoms with Crippen LogP contribution in [0.3, 0.4) is 0 Å². The van der Waals surface area contributed by atoms with Crippen molar-refractivity contribution in [3.05, 3.63) is 59.2 Å². The number of halogens is 2. The van der Waals surface area contributed by atoms with Crippen LogP contribution in [0.2, 0.25) is 0 Å². The zero-order valence-electron chi connectivity index (χ0n) is 10.2. The number of anilines is 2. The standard InChI is InChI=1S/C14H12F2N2O/c1-8-4-2-5-9(13(8)17)14(19)18-11-7-3-6-10(15)12(11)16/h2-7H,17H2,1H3,(H,18,19). The van der Waals surface area contributed by atoms with E-state index < -0.39 is 17.5 Å². The topological polar surface area (TPSA) is 55.1 Å². The first-order valence-electron chi connectivity index (χ1n) is 5.61. The van der Waals surface area contributed by atoms with Gasteiger partial charge in [-0.1, -0.05) is 18.2 Å². The Labute approximate surface area is 109 Å². The number of rotatable bonds is 2. The lowest BCUT2D eigenvalue weighted by Crippen LogP contribution is -2.15. The zero-order chi connectivity index (χ0) is 14.0. The summed E-state index contributed by atoms with van der Waals surface area (Å²) in [6.45, 7) is 1.76. The summed E-state index contributed by atoms with van der Waals surface area (Å²) < 4.78 is 26.5. The van der Waals surface area contributed by atoms with E-state index in [0.29, 0.717) is 5.69 Å². The van der Waals surface area contributed by atoms with Gasteiger partial charge >= 0.3 is 0 Å². The van der Waals surface area contributed by atoms with Gasteiger partial charge in [-0.15, -0.1) is 0 Å². The molecular formula is C14H12F2N2O. The number of nitrogens with two attached hydrogens (primary N) is 1. The van der Waals surface area contributed by atoms with Crippen LogP contribution >= 0.6 is 0 Å². The molecule has 0 saturated carbocycles. The molecule has 0 fully saturated rings.